The summed E-state index contributed by atoms with van der Waals surface area (Å²) in [7, 11) is 0. The van der Waals surface area contributed by atoms with E-state index in [0.717, 1.165) is 72.1 Å². The molecule has 0 atom stereocenters. The van der Waals surface area contributed by atoms with Gasteiger partial charge in [-0.3, -0.25) is 0 Å². The van der Waals surface area contributed by atoms with E-state index >= 15 is 0 Å². The molecule has 2 heterocycles. The van der Waals surface area contributed by atoms with Crippen LogP contribution < -0.4 is 4.90 Å². The van der Waals surface area contributed by atoms with Gasteiger partial charge in [0.1, 0.15) is 5.58 Å². The van der Waals surface area contributed by atoms with Crippen molar-refractivity contribution >= 4 is 71.6 Å². The summed E-state index contributed by atoms with van der Waals surface area (Å²) < 4.78 is 9.39. The fourth-order valence-corrected chi connectivity index (χ4v) is 8.47. The topological polar surface area (TPSA) is 21.3 Å². The molecule has 0 saturated heterocycles. The van der Waals surface area contributed by atoms with Crippen LogP contribution in [0, 0.1) is 0 Å². The van der Waals surface area contributed by atoms with E-state index in [0.29, 0.717) is 0 Å². The number of hydrogen-bond donors (Lipinski definition) is 0. The number of hydrogen-bond acceptors (Lipinski definition) is 2. The van der Waals surface area contributed by atoms with E-state index in [1.54, 1.807) is 0 Å². The molecule has 0 radical (unpaired) electrons. The molecule has 258 valence electrons. The van der Waals surface area contributed by atoms with Crippen LogP contribution in [0.4, 0.5) is 17.1 Å². The summed E-state index contributed by atoms with van der Waals surface area (Å²) in [5, 5.41) is 6.91. The van der Waals surface area contributed by atoms with Gasteiger partial charge in [-0.15, -0.1) is 0 Å². The molecule has 0 fully saturated rings. The zero-order valence-corrected chi connectivity index (χ0v) is 29.9. The van der Waals surface area contributed by atoms with Gasteiger partial charge >= 0.3 is 0 Å². The third kappa shape index (κ3) is 5.05. The molecule has 3 nitrogen and oxygen atoms in total. The van der Waals surface area contributed by atoms with E-state index in [-0.39, 0.29) is 0 Å². The summed E-state index contributed by atoms with van der Waals surface area (Å²) in [4.78, 5) is 2.38. The summed E-state index contributed by atoms with van der Waals surface area (Å²) in [5.41, 5.74) is 13.0. The number of para-hydroxylation sites is 3. The second-order valence-corrected chi connectivity index (χ2v) is 14.1. The van der Waals surface area contributed by atoms with Gasteiger partial charge < -0.3 is 13.9 Å². The first kappa shape index (κ1) is 31.2. The van der Waals surface area contributed by atoms with Gasteiger partial charge in [-0.1, -0.05) is 152 Å². The van der Waals surface area contributed by atoms with Crippen molar-refractivity contribution in [2.45, 2.75) is 0 Å². The van der Waals surface area contributed by atoms with E-state index in [1.807, 2.05) is 0 Å². The first-order valence-corrected chi connectivity index (χ1v) is 18.8. The lowest BCUT2D eigenvalue weighted by Gasteiger charge is -2.27. The predicted octanol–water partition coefficient (Wildman–Crippen LogP) is 14.6. The van der Waals surface area contributed by atoms with Crippen LogP contribution >= 0.6 is 0 Å². The second kappa shape index (κ2) is 12.6. The first-order valence-electron chi connectivity index (χ1n) is 18.8. The Morgan fingerprint density at radius 3 is 1.75 bits per heavy atom. The molecule has 11 aromatic rings. The highest BCUT2D eigenvalue weighted by molar-refractivity contribution is 6.18. The number of anilines is 3. The van der Waals surface area contributed by atoms with E-state index in [4.69, 9.17) is 4.42 Å². The van der Waals surface area contributed by atoms with Gasteiger partial charge in [0.2, 0.25) is 0 Å². The maximum Gasteiger partial charge on any atom is 0.159 e. The van der Waals surface area contributed by atoms with Gasteiger partial charge in [-0.25, -0.2) is 0 Å². The molecule has 0 aliphatic rings. The molecule has 55 heavy (non-hydrogen) atoms. The quantitative estimate of drug-likeness (QED) is 0.172. The van der Waals surface area contributed by atoms with E-state index in [9.17, 15) is 0 Å². The largest absolute Gasteiger partial charge is 0.453 e. The Hall–Kier alpha value is -7.36. The van der Waals surface area contributed by atoms with Gasteiger partial charge in [0.05, 0.1) is 16.7 Å². The van der Waals surface area contributed by atoms with Crippen molar-refractivity contribution < 1.29 is 4.42 Å². The van der Waals surface area contributed by atoms with Crippen LogP contribution in [-0.2, 0) is 0 Å². The van der Waals surface area contributed by atoms with Crippen molar-refractivity contribution in [1.29, 1.82) is 0 Å². The van der Waals surface area contributed by atoms with E-state index < -0.39 is 0 Å². The van der Waals surface area contributed by atoms with Crippen LogP contribution in [0.1, 0.15) is 0 Å². The van der Waals surface area contributed by atoms with Gasteiger partial charge in [-0.2, -0.15) is 0 Å². The molecule has 9 aromatic carbocycles. The molecule has 0 unspecified atom stereocenters. The Labute approximate surface area is 318 Å². The summed E-state index contributed by atoms with van der Waals surface area (Å²) in [6, 6.07) is 73.9. The first-order chi connectivity index (χ1) is 27.3. The molecule has 3 heteroatoms. The van der Waals surface area contributed by atoms with Crippen molar-refractivity contribution in [2.24, 2.45) is 0 Å². The normalized spacial score (nSPS) is 11.6. The van der Waals surface area contributed by atoms with E-state index in [2.05, 4.69) is 216 Å². The average molecular weight is 703 g/mol. The highest BCUT2D eigenvalue weighted by Crippen LogP contribution is 2.46. The minimum absolute atomic E-state index is 0.853. The number of aromatic nitrogens is 1. The highest BCUT2D eigenvalue weighted by atomic mass is 16.3. The molecular formula is C52H34N2O. The van der Waals surface area contributed by atoms with Crippen LogP contribution in [-0.4, -0.2) is 4.57 Å². The SMILES string of the molecule is c1ccc(-c2ccc(N(c3ccc4c5ccccc5n(-c5ccccc5)c4c3)c3cccc4c3oc3c5ccccc5ccc43)cc2-c2ccccc2)cc1. The molecule has 0 aliphatic carbocycles. The molecule has 0 aliphatic heterocycles. The average Bonchev–Trinajstić information content (AvgIpc) is 3.81. The molecule has 0 N–H and O–H groups in total. The third-order valence-electron chi connectivity index (χ3n) is 11.0. The maximum atomic E-state index is 7.01. The minimum Gasteiger partial charge on any atom is -0.453 e. The smallest absolute Gasteiger partial charge is 0.159 e. The maximum absolute atomic E-state index is 7.01. The monoisotopic (exact) mass is 702 g/mol. The van der Waals surface area contributed by atoms with Crippen molar-refractivity contribution in [1.82, 2.24) is 4.57 Å². The van der Waals surface area contributed by atoms with Crippen LogP contribution in [0.25, 0.3) is 82.5 Å². The molecular weight excluding hydrogens is 669 g/mol. The summed E-state index contributed by atoms with van der Waals surface area (Å²) in [5.74, 6) is 0. The van der Waals surface area contributed by atoms with Crippen LogP contribution in [0.2, 0.25) is 0 Å². The molecule has 0 spiro atoms. The van der Waals surface area contributed by atoms with E-state index in [1.165, 1.54) is 27.4 Å². The van der Waals surface area contributed by atoms with Crippen LogP contribution in [0.3, 0.4) is 0 Å². The fourth-order valence-electron chi connectivity index (χ4n) is 8.47. The van der Waals surface area contributed by atoms with Crippen LogP contribution in [0.15, 0.2) is 211 Å². The van der Waals surface area contributed by atoms with Gasteiger partial charge in [-0.05, 0) is 82.2 Å². The van der Waals surface area contributed by atoms with Crippen molar-refractivity contribution in [2.75, 3.05) is 4.90 Å². The second-order valence-electron chi connectivity index (χ2n) is 14.1. The number of fused-ring (bicyclic) bond motifs is 8. The zero-order valence-electron chi connectivity index (χ0n) is 29.9. The third-order valence-corrected chi connectivity index (χ3v) is 11.0. The Kier molecular flexibility index (Phi) is 7.17. The van der Waals surface area contributed by atoms with Gasteiger partial charge in [0.25, 0.3) is 0 Å². The number of furan rings is 1. The standard InChI is InChI=1S/C52H34N2O/c1-4-15-35(16-5-1)41-31-28-39(33-47(41)36-17-6-2-7-18-36)53(49-26-14-24-45-46-30-27-37-19-10-11-22-42(37)51(46)55-52(45)49)40-29-32-44-43-23-12-13-25-48(43)54(50(44)34-40)38-20-8-3-9-21-38/h1-34H. The summed E-state index contributed by atoms with van der Waals surface area (Å²) in [6.07, 6.45) is 0. The van der Waals surface area contributed by atoms with Crippen molar-refractivity contribution in [3.63, 3.8) is 0 Å². The lowest BCUT2D eigenvalue weighted by molar-refractivity contribution is 0.673. The Balaban J connectivity index is 1.22. The fraction of sp³-hybridized carbons (Fsp3) is 0. The summed E-state index contributed by atoms with van der Waals surface area (Å²) >= 11 is 0. The van der Waals surface area contributed by atoms with Crippen molar-refractivity contribution in [3.8, 4) is 27.9 Å². The highest BCUT2D eigenvalue weighted by Gasteiger charge is 2.23. The predicted molar refractivity (Wildman–Crippen MR) is 231 cm³/mol. The number of rotatable bonds is 6. The minimum atomic E-state index is 0.853. The number of nitrogens with zero attached hydrogens (tertiary/aromatic N) is 2. The lowest BCUT2D eigenvalue weighted by Crippen LogP contribution is -2.11. The summed E-state index contributed by atoms with van der Waals surface area (Å²) in [6.45, 7) is 0. The molecule has 2 aromatic heterocycles. The molecule has 11 rings (SSSR count). The Bertz CT molecular complexity index is 3200. The van der Waals surface area contributed by atoms with Crippen molar-refractivity contribution in [3.05, 3.63) is 206 Å². The molecule has 0 saturated carbocycles. The molecule has 0 bridgehead atoms. The van der Waals surface area contributed by atoms with Gasteiger partial charge in [0, 0.05) is 44.0 Å². The Morgan fingerprint density at radius 1 is 0.364 bits per heavy atom. The number of benzene rings is 9. The lowest BCUT2D eigenvalue weighted by atomic mass is 9.93. The van der Waals surface area contributed by atoms with Crippen LogP contribution in [0.5, 0.6) is 0 Å². The Morgan fingerprint density at radius 2 is 0.945 bits per heavy atom. The zero-order chi connectivity index (χ0) is 36.3. The van der Waals surface area contributed by atoms with Gasteiger partial charge in [0.15, 0.2) is 5.58 Å². The molecule has 0 amide bonds.